The zero-order valence-corrected chi connectivity index (χ0v) is 16.1. The number of carbonyl (C=O) groups is 1. The van der Waals surface area contributed by atoms with Crippen molar-refractivity contribution in [2.24, 2.45) is 5.92 Å². The molecule has 1 saturated carbocycles. The first-order valence-corrected chi connectivity index (χ1v) is 9.47. The second kappa shape index (κ2) is 9.50. The molecule has 0 saturated heterocycles. The Balaban J connectivity index is 2.06. The van der Waals surface area contributed by atoms with Crippen molar-refractivity contribution in [3.63, 3.8) is 0 Å². The maximum Gasteiger partial charge on any atom is 0.225 e. The highest BCUT2D eigenvalue weighted by molar-refractivity contribution is 5.90. The molecule has 1 heterocycles. The maximum atomic E-state index is 12.3. The molecule has 1 amide bonds. The number of aryl methyl sites for hydroxylation is 1. The average molecular weight is 341 g/mol. The lowest BCUT2D eigenvalue weighted by atomic mass is 9.87. The molecule has 1 fully saturated rings. The molecular weight excluding hydrogens is 310 g/mol. The van der Waals surface area contributed by atoms with E-state index in [-0.39, 0.29) is 5.91 Å². The summed E-state index contributed by atoms with van der Waals surface area (Å²) in [5, 5.41) is 2.98. The molecule has 1 aliphatic rings. The summed E-state index contributed by atoms with van der Waals surface area (Å²) in [4.78, 5) is 21.5. The van der Waals surface area contributed by atoms with Gasteiger partial charge < -0.3 is 5.32 Å². The van der Waals surface area contributed by atoms with Crippen molar-refractivity contribution in [2.45, 2.75) is 72.6 Å². The number of nitrogens with one attached hydrogen (secondary N) is 1. The van der Waals surface area contributed by atoms with Crippen molar-refractivity contribution in [1.82, 2.24) is 9.97 Å². The Kier molecular flexibility index (Phi) is 7.35. The molecular formula is C21H31N3O. The topological polar surface area (TPSA) is 54.9 Å². The van der Waals surface area contributed by atoms with Crippen LogP contribution in [0.3, 0.4) is 0 Å². The van der Waals surface area contributed by atoms with Gasteiger partial charge in [-0.3, -0.25) is 4.79 Å². The van der Waals surface area contributed by atoms with E-state index < -0.39 is 0 Å². The van der Waals surface area contributed by atoms with Gasteiger partial charge in [0.2, 0.25) is 5.91 Å². The predicted molar refractivity (Wildman–Crippen MR) is 104 cm³/mol. The number of hydrogen-bond donors (Lipinski definition) is 1. The number of nitrogens with zero attached hydrogens (tertiary/aromatic N) is 2. The van der Waals surface area contributed by atoms with Crippen molar-refractivity contribution in [2.75, 3.05) is 5.32 Å². The normalized spacial score (nSPS) is 15.8. The second-order valence-electron chi connectivity index (χ2n) is 7.25. The quantitative estimate of drug-likeness (QED) is 0.713. The number of rotatable bonds is 6. The first-order valence-electron chi connectivity index (χ1n) is 9.47. The SMILES string of the molecule is CCc1nc(/C(C)=C/C=C(C)C)cnc1NC(=O)CC1CCCCC1. The van der Waals surface area contributed by atoms with Crippen molar-refractivity contribution in [3.8, 4) is 0 Å². The van der Waals surface area contributed by atoms with Gasteiger partial charge in [-0.2, -0.15) is 0 Å². The fourth-order valence-electron chi connectivity index (χ4n) is 3.18. The fraction of sp³-hybridized carbons (Fsp3) is 0.571. The number of allylic oxidation sites excluding steroid dienone is 4. The largest absolute Gasteiger partial charge is 0.309 e. The minimum atomic E-state index is 0.0699. The molecule has 0 unspecified atom stereocenters. The van der Waals surface area contributed by atoms with E-state index in [2.05, 4.69) is 36.3 Å². The Morgan fingerprint density at radius 3 is 2.56 bits per heavy atom. The molecule has 0 aromatic carbocycles. The van der Waals surface area contributed by atoms with Gasteiger partial charge in [-0.25, -0.2) is 9.97 Å². The van der Waals surface area contributed by atoms with Crippen LogP contribution in [-0.2, 0) is 11.2 Å². The van der Waals surface area contributed by atoms with Crippen LogP contribution in [0.2, 0.25) is 0 Å². The van der Waals surface area contributed by atoms with Crippen molar-refractivity contribution < 1.29 is 4.79 Å². The summed E-state index contributed by atoms with van der Waals surface area (Å²) < 4.78 is 0. The van der Waals surface area contributed by atoms with Crippen LogP contribution in [0.25, 0.3) is 5.57 Å². The summed E-state index contributed by atoms with van der Waals surface area (Å²) >= 11 is 0. The number of amides is 1. The minimum Gasteiger partial charge on any atom is -0.309 e. The van der Waals surface area contributed by atoms with E-state index in [0.29, 0.717) is 18.2 Å². The molecule has 1 N–H and O–H groups in total. The third-order valence-corrected chi connectivity index (χ3v) is 4.71. The summed E-state index contributed by atoms with van der Waals surface area (Å²) in [7, 11) is 0. The zero-order chi connectivity index (χ0) is 18.2. The molecule has 2 rings (SSSR count). The third-order valence-electron chi connectivity index (χ3n) is 4.71. The molecule has 4 nitrogen and oxygen atoms in total. The molecule has 0 atom stereocenters. The van der Waals surface area contributed by atoms with Crippen molar-refractivity contribution >= 4 is 17.3 Å². The molecule has 136 valence electrons. The van der Waals surface area contributed by atoms with Crippen LogP contribution in [0, 0.1) is 5.92 Å². The van der Waals surface area contributed by atoms with Gasteiger partial charge in [0, 0.05) is 6.42 Å². The van der Waals surface area contributed by atoms with Crippen LogP contribution in [0.4, 0.5) is 5.82 Å². The maximum absolute atomic E-state index is 12.3. The molecule has 1 aromatic rings. The van der Waals surface area contributed by atoms with Crippen LogP contribution < -0.4 is 5.32 Å². The van der Waals surface area contributed by atoms with Crippen molar-refractivity contribution in [1.29, 1.82) is 0 Å². The van der Waals surface area contributed by atoms with E-state index in [0.717, 1.165) is 23.4 Å². The van der Waals surface area contributed by atoms with E-state index >= 15 is 0 Å². The van der Waals surface area contributed by atoms with Crippen LogP contribution in [0.1, 0.15) is 77.6 Å². The molecule has 4 heteroatoms. The first kappa shape index (κ1) is 19.4. The Labute approximate surface area is 151 Å². The number of hydrogen-bond acceptors (Lipinski definition) is 3. The standard InChI is InChI=1S/C21H31N3O/c1-5-18-21(24-20(25)13-17-9-7-6-8-10-17)22-14-19(23-18)16(4)12-11-15(2)3/h11-12,14,17H,5-10,13H2,1-4H3,(H,22,24,25)/b16-12+. The van der Waals surface area contributed by atoms with Gasteiger partial charge in [0.1, 0.15) is 0 Å². The van der Waals surface area contributed by atoms with Crippen molar-refractivity contribution in [3.05, 3.63) is 35.3 Å². The Morgan fingerprint density at radius 2 is 1.92 bits per heavy atom. The van der Waals surface area contributed by atoms with E-state index in [4.69, 9.17) is 4.98 Å². The highest BCUT2D eigenvalue weighted by atomic mass is 16.1. The number of carbonyl (C=O) groups excluding carboxylic acids is 1. The lowest BCUT2D eigenvalue weighted by molar-refractivity contribution is -0.117. The van der Waals surface area contributed by atoms with Gasteiger partial charge in [0.25, 0.3) is 0 Å². The van der Waals surface area contributed by atoms with Gasteiger partial charge in [-0.05, 0) is 51.5 Å². The van der Waals surface area contributed by atoms with Crippen LogP contribution in [0.5, 0.6) is 0 Å². The summed E-state index contributed by atoms with van der Waals surface area (Å²) in [5.74, 6) is 1.21. The van der Waals surface area contributed by atoms with E-state index in [1.807, 2.05) is 13.8 Å². The van der Waals surface area contributed by atoms with E-state index in [1.165, 1.54) is 37.7 Å². The predicted octanol–water partition coefficient (Wildman–Crippen LogP) is 5.32. The zero-order valence-electron chi connectivity index (χ0n) is 16.1. The van der Waals surface area contributed by atoms with Gasteiger partial charge in [0.15, 0.2) is 5.82 Å². The molecule has 0 radical (unpaired) electrons. The summed E-state index contributed by atoms with van der Waals surface area (Å²) in [6.07, 6.45) is 13.4. The monoisotopic (exact) mass is 341 g/mol. The average Bonchev–Trinajstić information content (AvgIpc) is 2.60. The van der Waals surface area contributed by atoms with Crippen LogP contribution in [-0.4, -0.2) is 15.9 Å². The van der Waals surface area contributed by atoms with Gasteiger partial charge >= 0.3 is 0 Å². The summed E-state index contributed by atoms with van der Waals surface area (Å²) in [6.45, 7) is 8.21. The smallest absolute Gasteiger partial charge is 0.225 e. The molecule has 0 bridgehead atoms. The Hall–Kier alpha value is -1.97. The summed E-state index contributed by atoms with van der Waals surface area (Å²) in [6, 6.07) is 0. The second-order valence-corrected chi connectivity index (χ2v) is 7.25. The number of aromatic nitrogens is 2. The highest BCUT2D eigenvalue weighted by Gasteiger charge is 2.18. The van der Waals surface area contributed by atoms with E-state index in [9.17, 15) is 4.79 Å². The first-order chi connectivity index (χ1) is 12.0. The van der Waals surface area contributed by atoms with Gasteiger partial charge in [-0.15, -0.1) is 0 Å². The summed E-state index contributed by atoms with van der Waals surface area (Å²) in [5.41, 5.74) is 4.03. The minimum absolute atomic E-state index is 0.0699. The molecule has 1 aromatic heterocycles. The Morgan fingerprint density at radius 1 is 1.20 bits per heavy atom. The van der Waals surface area contributed by atoms with E-state index in [1.54, 1.807) is 6.20 Å². The highest BCUT2D eigenvalue weighted by Crippen LogP contribution is 2.26. The number of anilines is 1. The molecule has 0 aliphatic heterocycles. The third kappa shape index (κ3) is 6.11. The lowest BCUT2D eigenvalue weighted by Gasteiger charge is -2.21. The van der Waals surface area contributed by atoms with Gasteiger partial charge in [0.05, 0.1) is 17.6 Å². The lowest BCUT2D eigenvalue weighted by Crippen LogP contribution is -2.20. The molecule has 0 spiro atoms. The van der Waals surface area contributed by atoms with Crippen LogP contribution >= 0.6 is 0 Å². The van der Waals surface area contributed by atoms with Crippen LogP contribution in [0.15, 0.2) is 23.9 Å². The Bertz CT molecular complexity index is 651. The fourth-order valence-corrected chi connectivity index (χ4v) is 3.18. The van der Waals surface area contributed by atoms with Gasteiger partial charge in [-0.1, -0.05) is 43.9 Å². The molecule has 25 heavy (non-hydrogen) atoms. The molecule has 1 aliphatic carbocycles.